The average molecular weight is 246 g/mol. The largest absolute Gasteiger partial charge is 0.0823 e. The van der Waals surface area contributed by atoms with E-state index in [-0.39, 0.29) is 0 Å². The van der Waals surface area contributed by atoms with Gasteiger partial charge in [-0.05, 0) is 17.9 Å². The molecule has 0 atom stereocenters. The van der Waals surface area contributed by atoms with Crippen LogP contribution in [0, 0.1) is 6.92 Å². The molecule has 0 amide bonds. The van der Waals surface area contributed by atoms with Crippen LogP contribution in [0.15, 0.2) is 24.3 Å². The van der Waals surface area contributed by atoms with E-state index in [1.165, 1.54) is 0 Å². The third-order valence-electron chi connectivity index (χ3n) is 2.28. The van der Waals surface area contributed by atoms with E-state index in [0.29, 0.717) is 15.1 Å². The molecule has 14 heavy (non-hydrogen) atoms. The third-order valence-corrected chi connectivity index (χ3v) is 3.72. The Balaban J connectivity index is 3.02. The van der Waals surface area contributed by atoms with Gasteiger partial charge in [-0.2, -0.15) is 0 Å². The zero-order valence-corrected chi connectivity index (χ0v) is 9.71. The van der Waals surface area contributed by atoms with Gasteiger partial charge in [0.25, 0.3) is 0 Å². The topological polar surface area (TPSA) is 0 Å². The van der Waals surface area contributed by atoms with E-state index in [0.717, 1.165) is 16.3 Å². The second-order valence-electron chi connectivity index (χ2n) is 3.11. The Morgan fingerprint density at radius 3 is 2.00 bits per heavy atom. The number of hydrogen-bond donors (Lipinski definition) is 0. The lowest BCUT2D eigenvalue weighted by atomic mass is 10.1. The number of benzene rings is 2. The van der Waals surface area contributed by atoms with Crippen molar-refractivity contribution in [2.24, 2.45) is 0 Å². The Hall–Kier alpha value is -0.430. The van der Waals surface area contributed by atoms with Crippen molar-refractivity contribution in [3.63, 3.8) is 0 Å². The van der Waals surface area contributed by atoms with Crippen molar-refractivity contribution in [2.75, 3.05) is 0 Å². The summed E-state index contributed by atoms with van der Waals surface area (Å²) in [5.74, 6) is 0. The summed E-state index contributed by atoms with van der Waals surface area (Å²) in [6, 6.07) is 7.80. The van der Waals surface area contributed by atoms with Crippen LogP contribution in [-0.2, 0) is 0 Å². The fraction of sp³-hybridized carbons (Fsp3) is 0.0909. The Kier molecular flexibility index (Phi) is 2.61. The van der Waals surface area contributed by atoms with Gasteiger partial charge in [0.05, 0.1) is 15.1 Å². The van der Waals surface area contributed by atoms with Crippen LogP contribution in [0.1, 0.15) is 5.56 Å². The van der Waals surface area contributed by atoms with Crippen molar-refractivity contribution in [1.82, 2.24) is 0 Å². The van der Waals surface area contributed by atoms with E-state index < -0.39 is 0 Å². The Bertz CT molecular complexity index is 457. The Labute approximate surface area is 97.4 Å². The summed E-state index contributed by atoms with van der Waals surface area (Å²) in [6.07, 6.45) is 0. The van der Waals surface area contributed by atoms with Crippen LogP contribution < -0.4 is 0 Å². The molecule has 0 unspecified atom stereocenters. The normalized spacial score (nSPS) is 10.9. The predicted octanol–water partition coefficient (Wildman–Crippen LogP) is 5.11. The maximum atomic E-state index is 6.09. The van der Waals surface area contributed by atoms with Gasteiger partial charge in [-0.1, -0.05) is 59.1 Å². The minimum atomic E-state index is 0.435. The molecule has 0 bridgehead atoms. The van der Waals surface area contributed by atoms with Gasteiger partial charge in [-0.25, -0.2) is 0 Å². The highest BCUT2D eigenvalue weighted by Crippen LogP contribution is 2.39. The molecule has 0 aliphatic carbocycles. The van der Waals surface area contributed by atoms with E-state index in [1.807, 2.05) is 31.2 Å². The molecule has 0 radical (unpaired) electrons. The molecule has 0 aliphatic rings. The summed E-state index contributed by atoms with van der Waals surface area (Å²) in [7, 11) is 0. The standard InChI is InChI=1S/C11H7Cl3/c1-6-7-4-2-3-5-8(7)10(13)11(14)9(6)12/h2-5H,1H3. The summed E-state index contributed by atoms with van der Waals surface area (Å²) < 4.78 is 0. The number of halogens is 3. The van der Waals surface area contributed by atoms with E-state index in [4.69, 9.17) is 34.8 Å². The summed E-state index contributed by atoms with van der Waals surface area (Å²) in [5, 5.41) is 3.49. The van der Waals surface area contributed by atoms with Crippen molar-refractivity contribution >= 4 is 45.6 Å². The lowest BCUT2D eigenvalue weighted by Crippen LogP contribution is -1.83. The molecule has 2 rings (SSSR count). The van der Waals surface area contributed by atoms with Crippen molar-refractivity contribution in [2.45, 2.75) is 6.92 Å². The first-order valence-corrected chi connectivity index (χ1v) is 5.28. The molecule has 2 aromatic rings. The summed E-state index contributed by atoms with van der Waals surface area (Å²) in [6.45, 7) is 1.94. The van der Waals surface area contributed by atoms with Crippen molar-refractivity contribution in [1.29, 1.82) is 0 Å². The molecule has 0 saturated heterocycles. The zero-order chi connectivity index (χ0) is 10.3. The fourth-order valence-corrected chi connectivity index (χ4v) is 2.25. The first-order chi connectivity index (χ1) is 6.63. The van der Waals surface area contributed by atoms with Gasteiger partial charge in [0.2, 0.25) is 0 Å². The third kappa shape index (κ3) is 1.38. The number of fused-ring (bicyclic) bond motifs is 1. The first-order valence-electron chi connectivity index (χ1n) is 4.14. The summed E-state index contributed by atoms with van der Waals surface area (Å²) in [4.78, 5) is 0. The minimum Gasteiger partial charge on any atom is -0.0823 e. The van der Waals surface area contributed by atoms with Crippen LogP contribution in [0.2, 0.25) is 15.1 Å². The molecule has 0 saturated carbocycles. The van der Waals surface area contributed by atoms with Crippen LogP contribution in [0.25, 0.3) is 10.8 Å². The zero-order valence-electron chi connectivity index (χ0n) is 7.44. The maximum Gasteiger partial charge on any atom is 0.0787 e. The monoisotopic (exact) mass is 244 g/mol. The maximum absolute atomic E-state index is 6.09. The van der Waals surface area contributed by atoms with Gasteiger partial charge >= 0.3 is 0 Å². The van der Waals surface area contributed by atoms with E-state index in [9.17, 15) is 0 Å². The Morgan fingerprint density at radius 1 is 0.786 bits per heavy atom. The van der Waals surface area contributed by atoms with Gasteiger partial charge in [-0.15, -0.1) is 0 Å². The fourth-order valence-electron chi connectivity index (χ4n) is 1.50. The second-order valence-corrected chi connectivity index (χ2v) is 4.25. The molecule has 2 aromatic carbocycles. The smallest absolute Gasteiger partial charge is 0.0787 e. The van der Waals surface area contributed by atoms with Gasteiger partial charge < -0.3 is 0 Å². The quantitative estimate of drug-likeness (QED) is 0.566. The van der Waals surface area contributed by atoms with E-state index >= 15 is 0 Å². The molecule has 0 heterocycles. The molecule has 0 fully saturated rings. The van der Waals surface area contributed by atoms with Gasteiger partial charge in [0.15, 0.2) is 0 Å². The first kappa shape index (κ1) is 10.1. The molecule has 0 N–H and O–H groups in total. The second kappa shape index (κ2) is 3.62. The van der Waals surface area contributed by atoms with Crippen LogP contribution in [-0.4, -0.2) is 0 Å². The van der Waals surface area contributed by atoms with E-state index in [2.05, 4.69) is 0 Å². The highest BCUT2D eigenvalue weighted by atomic mass is 35.5. The van der Waals surface area contributed by atoms with Crippen molar-refractivity contribution < 1.29 is 0 Å². The average Bonchev–Trinajstić information content (AvgIpc) is 2.23. The number of rotatable bonds is 0. The molecule has 72 valence electrons. The molecule has 0 aliphatic heterocycles. The van der Waals surface area contributed by atoms with Crippen LogP contribution in [0.3, 0.4) is 0 Å². The lowest BCUT2D eigenvalue weighted by Gasteiger charge is -2.08. The predicted molar refractivity (Wildman–Crippen MR) is 63.7 cm³/mol. The SMILES string of the molecule is Cc1c(Cl)c(Cl)c(Cl)c2ccccc12. The van der Waals surface area contributed by atoms with Crippen LogP contribution in [0.4, 0.5) is 0 Å². The van der Waals surface area contributed by atoms with Crippen molar-refractivity contribution in [3.8, 4) is 0 Å². The van der Waals surface area contributed by atoms with Crippen molar-refractivity contribution in [3.05, 3.63) is 44.9 Å². The minimum absolute atomic E-state index is 0.435. The molecule has 0 nitrogen and oxygen atoms in total. The van der Waals surface area contributed by atoms with Crippen LogP contribution >= 0.6 is 34.8 Å². The van der Waals surface area contributed by atoms with E-state index in [1.54, 1.807) is 0 Å². The summed E-state index contributed by atoms with van der Waals surface area (Å²) >= 11 is 18.1. The molecule has 0 spiro atoms. The lowest BCUT2D eigenvalue weighted by molar-refractivity contribution is 1.53. The molecular formula is C11H7Cl3. The van der Waals surface area contributed by atoms with Gasteiger partial charge in [0.1, 0.15) is 0 Å². The number of aryl methyl sites for hydroxylation is 1. The molecule has 3 heteroatoms. The summed E-state index contributed by atoms with van der Waals surface area (Å²) in [5.41, 5.74) is 0.969. The highest BCUT2D eigenvalue weighted by molar-refractivity contribution is 6.51. The van der Waals surface area contributed by atoms with Gasteiger partial charge in [-0.3, -0.25) is 0 Å². The molecule has 0 aromatic heterocycles. The van der Waals surface area contributed by atoms with Crippen LogP contribution in [0.5, 0.6) is 0 Å². The highest BCUT2D eigenvalue weighted by Gasteiger charge is 2.11. The van der Waals surface area contributed by atoms with Gasteiger partial charge in [0, 0.05) is 5.39 Å². The number of hydrogen-bond acceptors (Lipinski definition) is 0. The molecular weight excluding hydrogens is 238 g/mol. The Morgan fingerprint density at radius 2 is 1.36 bits per heavy atom.